The van der Waals surface area contributed by atoms with Crippen LogP contribution in [-0.2, 0) is 0 Å². The van der Waals surface area contributed by atoms with Crippen LogP contribution in [0.1, 0.15) is 35.1 Å². The lowest BCUT2D eigenvalue weighted by Crippen LogP contribution is -2.37. The van der Waals surface area contributed by atoms with Crippen LogP contribution < -0.4 is 5.32 Å². The molecule has 0 bridgehead atoms. The van der Waals surface area contributed by atoms with Crippen LogP contribution in [-0.4, -0.2) is 35.4 Å². The SMILES string of the molecule is O=C(NC[C@@H](c1ccco1)N1CCCC1)c1nc(Br)ccc1Br. The number of carbonyl (C=O) groups excluding carboxylic acids is 1. The lowest BCUT2D eigenvalue weighted by atomic mass is 10.2. The Bertz CT molecular complexity index is 670. The van der Waals surface area contributed by atoms with Gasteiger partial charge in [-0.2, -0.15) is 0 Å². The molecule has 7 heteroatoms. The summed E-state index contributed by atoms with van der Waals surface area (Å²) >= 11 is 6.66. The number of amides is 1. The summed E-state index contributed by atoms with van der Waals surface area (Å²) in [5, 5.41) is 2.98. The van der Waals surface area contributed by atoms with Gasteiger partial charge in [-0.1, -0.05) is 0 Å². The molecule has 1 aliphatic rings. The quantitative estimate of drug-likeness (QED) is 0.716. The third-order valence-corrected chi connectivity index (χ3v) is 5.02. The number of pyridine rings is 1. The van der Waals surface area contributed by atoms with Gasteiger partial charge in [0.1, 0.15) is 16.1 Å². The molecule has 0 radical (unpaired) electrons. The van der Waals surface area contributed by atoms with Crippen molar-refractivity contribution >= 4 is 37.8 Å². The molecule has 0 aliphatic carbocycles. The van der Waals surface area contributed by atoms with Crippen LogP contribution in [0.4, 0.5) is 0 Å². The fraction of sp³-hybridized carbons (Fsp3) is 0.375. The number of carbonyl (C=O) groups is 1. The van der Waals surface area contributed by atoms with Gasteiger partial charge >= 0.3 is 0 Å². The highest BCUT2D eigenvalue weighted by Gasteiger charge is 2.26. The fourth-order valence-electron chi connectivity index (χ4n) is 2.79. The Morgan fingerprint density at radius 3 is 2.78 bits per heavy atom. The summed E-state index contributed by atoms with van der Waals surface area (Å²) < 4.78 is 6.87. The van der Waals surface area contributed by atoms with Crippen LogP contribution in [0, 0.1) is 0 Å². The number of rotatable bonds is 5. The number of hydrogen-bond donors (Lipinski definition) is 1. The van der Waals surface area contributed by atoms with E-state index in [0.717, 1.165) is 18.8 Å². The monoisotopic (exact) mass is 441 g/mol. The molecule has 3 rings (SSSR count). The van der Waals surface area contributed by atoms with E-state index in [2.05, 4.69) is 47.1 Å². The molecule has 5 nitrogen and oxygen atoms in total. The number of halogens is 2. The zero-order valence-corrected chi connectivity index (χ0v) is 15.6. The highest BCUT2D eigenvalue weighted by molar-refractivity contribution is 9.11. The van der Waals surface area contributed by atoms with E-state index in [0.29, 0.717) is 21.3 Å². The first-order valence-corrected chi connectivity index (χ1v) is 9.11. The predicted octanol–water partition coefficient (Wildman–Crippen LogP) is 3.77. The van der Waals surface area contributed by atoms with Gasteiger partial charge in [0.25, 0.3) is 5.91 Å². The van der Waals surface area contributed by atoms with E-state index in [4.69, 9.17) is 4.42 Å². The Balaban J connectivity index is 1.71. The van der Waals surface area contributed by atoms with Crippen LogP contribution >= 0.6 is 31.9 Å². The molecule has 1 atom stereocenters. The molecule has 1 aliphatic heterocycles. The van der Waals surface area contributed by atoms with Gasteiger partial charge in [-0.05, 0) is 82.1 Å². The van der Waals surface area contributed by atoms with Crippen molar-refractivity contribution in [1.29, 1.82) is 0 Å². The largest absolute Gasteiger partial charge is 0.468 e. The smallest absolute Gasteiger partial charge is 0.271 e. The van der Waals surface area contributed by atoms with Gasteiger partial charge in [0.2, 0.25) is 0 Å². The molecule has 23 heavy (non-hydrogen) atoms. The lowest BCUT2D eigenvalue weighted by Gasteiger charge is -2.26. The molecule has 0 saturated carbocycles. The van der Waals surface area contributed by atoms with Crippen molar-refractivity contribution in [1.82, 2.24) is 15.2 Å². The van der Waals surface area contributed by atoms with Crippen LogP contribution in [0.15, 0.2) is 44.0 Å². The Morgan fingerprint density at radius 1 is 1.30 bits per heavy atom. The minimum Gasteiger partial charge on any atom is -0.468 e. The van der Waals surface area contributed by atoms with E-state index in [9.17, 15) is 4.79 Å². The maximum atomic E-state index is 12.4. The maximum Gasteiger partial charge on any atom is 0.271 e. The van der Waals surface area contributed by atoms with Crippen molar-refractivity contribution in [2.24, 2.45) is 0 Å². The highest BCUT2D eigenvalue weighted by atomic mass is 79.9. The molecule has 1 saturated heterocycles. The molecule has 1 amide bonds. The molecule has 0 unspecified atom stereocenters. The zero-order chi connectivity index (χ0) is 16.2. The Hall–Kier alpha value is -1.18. The van der Waals surface area contributed by atoms with Gasteiger partial charge in [-0.3, -0.25) is 9.69 Å². The number of furan rings is 1. The van der Waals surface area contributed by atoms with Gasteiger partial charge in [0, 0.05) is 11.0 Å². The van der Waals surface area contributed by atoms with Crippen LogP contribution in [0.25, 0.3) is 0 Å². The molecule has 1 fully saturated rings. The minimum absolute atomic E-state index is 0.0578. The van der Waals surface area contributed by atoms with E-state index in [1.54, 1.807) is 18.4 Å². The molecular formula is C16H17Br2N3O2. The lowest BCUT2D eigenvalue weighted by molar-refractivity contribution is 0.0927. The highest BCUT2D eigenvalue weighted by Crippen LogP contribution is 2.25. The van der Waals surface area contributed by atoms with E-state index >= 15 is 0 Å². The van der Waals surface area contributed by atoms with Crippen molar-refractivity contribution in [2.75, 3.05) is 19.6 Å². The Morgan fingerprint density at radius 2 is 2.09 bits per heavy atom. The molecule has 2 aromatic rings. The molecule has 0 aromatic carbocycles. The van der Waals surface area contributed by atoms with Crippen LogP contribution in [0.3, 0.4) is 0 Å². The number of likely N-dealkylation sites (tertiary alicyclic amines) is 1. The first kappa shape index (κ1) is 16.7. The van der Waals surface area contributed by atoms with Gasteiger partial charge in [-0.25, -0.2) is 4.98 Å². The van der Waals surface area contributed by atoms with E-state index in [1.165, 1.54) is 12.8 Å². The second kappa shape index (κ2) is 7.59. The number of aromatic nitrogens is 1. The normalized spacial score (nSPS) is 16.4. The van der Waals surface area contributed by atoms with Crippen LogP contribution in [0.5, 0.6) is 0 Å². The molecule has 2 aromatic heterocycles. The topological polar surface area (TPSA) is 58.4 Å². The van der Waals surface area contributed by atoms with Crippen molar-refractivity contribution in [3.05, 3.63) is 51.1 Å². The van der Waals surface area contributed by atoms with Crippen molar-refractivity contribution in [3.63, 3.8) is 0 Å². The second-order valence-electron chi connectivity index (χ2n) is 5.45. The second-order valence-corrected chi connectivity index (χ2v) is 7.12. The van der Waals surface area contributed by atoms with Gasteiger partial charge in [0.15, 0.2) is 0 Å². The first-order valence-electron chi connectivity index (χ1n) is 7.53. The zero-order valence-electron chi connectivity index (χ0n) is 12.5. The summed E-state index contributed by atoms with van der Waals surface area (Å²) in [5.41, 5.74) is 0.374. The first-order chi connectivity index (χ1) is 11.1. The number of nitrogens with zero attached hydrogens (tertiary/aromatic N) is 2. The van der Waals surface area contributed by atoms with Gasteiger partial charge < -0.3 is 9.73 Å². The fourth-order valence-corrected chi connectivity index (χ4v) is 3.50. The summed E-state index contributed by atoms with van der Waals surface area (Å²) in [6.45, 7) is 2.55. The Labute approximate surface area is 151 Å². The number of hydrogen-bond acceptors (Lipinski definition) is 4. The van der Waals surface area contributed by atoms with Gasteiger partial charge in [0.05, 0.1) is 12.3 Å². The average molecular weight is 443 g/mol. The summed E-state index contributed by atoms with van der Waals surface area (Å²) in [7, 11) is 0. The molecular weight excluding hydrogens is 426 g/mol. The predicted molar refractivity (Wildman–Crippen MR) is 94.2 cm³/mol. The summed E-state index contributed by atoms with van der Waals surface area (Å²) in [4.78, 5) is 19.0. The third kappa shape index (κ3) is 4.02. The summed E-state index contributed by atoms with van der Waals surface area (Å²) in [5.74, 6) is 0.683. The molecule has 0 spiro atoms. The third-order valence-electron chi connectivity index (χ3n) is 3.94. The Kier molecular flexibility index (Phi) is 5.50. The van der Waals surface area contributed by atoms with E-state index in [1.807, 2.05) is 12.1 Å². The average Bonchev–Trinajstić information content (AvgIpc) is 3.23. The van der Waals surface area contributed by atoms with E-state index in [-0.39, 0.29) is 11.9 Å². The molecule has 3 heterocycles. The van der Waals surface area contributed by atoms with Crippen molar-refractivity contribution in [2.45, 2.75) is 18.9 Å². The standard InChI is InChI=1S/C16H17Br2N3O2/c17-11-5-6-14(18)20-15(11)16(22)19-10-12(13-4-3-9-23-13)21-7-1-2-8-21/h3-6,9,12H,1-2,7-8,10H2,(H,19,22)/t12-/m0/s1. The van der Waals surface area contributed by atoms with Gasteiger partial charge in [-0.15, -0.1) is 0 Å². The molecule has 1 N–H and O–H groups in total. The molecule has 122 valence electrons. The summed E-state index contributed by atoms with van der Waals surface area (Å²) in [6, 6.07) is 7.49. The van der Waals surface area contributed by atoms with Crippen LogP contribution in [0.2, 0.25) is 0 Å². The number of nitrogens with one attached hydrogen (secondary N) is 1. The van der Waals surface area contributed by atoms with Crippen molar-refractivity contribution in [3.8, 4) is 0 Å². The maximum absolute atomic E-state index is 12.4. The van der Waals surface area contributed by atoms with E-state index < -0.39 is 0 Å². The summed E-state index contributed by atoms with van der Waals surface area (Å²) in [6.07, 6.45) is 4.04. The minimum atomic E-state index is -0.200. The van der Waals surface area contributed by atoms with Crippen molar-refractivity contribution < 1.29 is 9.21 Å².